The van der Waals surface area contributed by atoms with Crippen LogP contribution < -0.4 is 0 Å². The Morgan fingerprint density at radius 1 is 0.906 bits per heavy atom. The van der Waals surface area contributed by atoms with Gasteiger partial charge in [-0.05, 0) is 74.9 Å². The number of carbonyl (C=O) groups excluding carboxylic acids is 1. The van der Waals surface area contributed by atoms with E-state index in [1.165, 1.54) is 21.1 Å². The second-order valence-corrected chi connectivity index (χ2v) is 16.8. The molecule has 0 aliphatic carbocycles. The Bertz CT molecular complexity index is 1220. The summed E-state index contributed by atoms with van der Waals surface area (Å²) < 4.78 is 37.4. The van der Waals surface area contributed by atoms with E-state index in [1.807, 2.05) is 32.8 Å². The molecule has 0 saturated carbocycles. The van der Waals surface area contributed by atoms with E-state index in [0.717, 1.165) is 0 Å². The molecule has 0 aromatic rings. The molecule has 3 rings (SSSR count). The zero-order valence-corrected chi connectivity index (χ0v) is 34.4. The lowest BCUT2D eigenvalue weighted by atomic mass is 9.73. The summed E-state index contributed by atoms with van der Waals surface area (Å²) in [4.78, 5) is 21.3. The molecule has 18 atom stereocenters. The lowest BCUT2D eigenvalue weighted by Gasteiger charge is -2.49. The highest BCUT2D eigenvalue weighted by atomic mass is 16.7. The SMILES string of the molecule is CCC1OC(=O)C(C)C(OC2C[C@@](C)(OC)C(O)C(C)O2)C(C)C(OC2OC(C)CC(N(C)C)C2O)[C@](C)(O)CC(C)C(=NOC)C(C)C(O)[C@]1(C)O. The number of carbonyl (C=O) groups is 1. The molecule has 3 fully saturated rings. The van der Waals surface area contributed by atoms with Crippen molar-refractivity contribution in [3.8, 4) is 0 Å². The van der Waals surface area contributed by atoms with Gasteiger partial charge in [0.2, 0.25) is 0 Å². The van der Waals surface area contributed by atoms with Crippen LogP contribution in [0.1, 0.15) is 94.9 Å². The molecule has 0 radical (unpaired) electrons. The summed E-state index contributed by atoms with van der Waals surface area (Å²) in [6.07, 6.45) is -9.08. The van der Waals surface area contributed by atoms with Gasteiger partial charge in [0.05, 0.1) is 53.4 Å². The monoisotopic (exact) mass is 762 g/mol. The zero-order valence-electron chi connectivity index (χ0n) is 34.4. The van der Waals surface area contributed by atoms with Crippen molar-refractivity contribution >= 4 is 11.7 Å². The van der Waals surface area contributed by atoms with Crippen LogP contribution in [-0.2, 0) is 38.1 Å². The second kappa shape index (κ2) is 18.2. The van der Waals surface area contributed by atoms with Crippen molar-refractivity contribution < 1.29 is 63.6 Å². The number of rotatable bonds is 8. The predicted molar refractivity (Wildman–Crippen MR) is 196 cm³/mol. The number of likely N-dealkylation sites (N-methyl/N-ethyl adjacent to an activating group) is 1. The van der Waals surface area contributed by atoms with Crippen LogP contribution >= 0.6 is 0 Å². The van der Waals surface area contributed by atoms with Crippen molar-refractivity contribution in [2.24, 2.45) is 28.8 Å². The fourth-order valence-electron chi connectivity index (χ4n) is 8.70. The molecule has 3 aliphatic rings. The molecule has 3 saturated heterocycles. The molecule has 3 heterocycles. The Morgan fingerprint density at radius 2 is 1.53 bits per heavy atom. The van der Waals surface area contributed by atoms with Crippen molar-refractivity contribution in [3.05, 3.63) is 0 Å². The van der Waals surface area contributed by atoms with Gasteiger partial charge in [-0.15, -0.1) is 0 Å². The Kier molecular flexibility index (Phi) is 15.7. The van der Waals surface area contributed by atoms with Gasteiger partial charge in [-0.2, -0.15) is 0 Å². The maximum absolute atomic E-state index is 14.2. The van der Waals surface area contributed by atoms with Crippen LogP contribution in [0.3, 0.4) is 0 Å². The molecule has 3 aliphatic heterocycles. The molecule has 15 unspecified atom stereocenters. The van der Waals surface area contributed by atoms with E-state index in [1.54, 1.807) is 48.5 Å². The van der Waals surface area contributed by atoms with E-state index in [-0.39, 0.29) is 31.4 Å². The van der Waals surface area contributed by atoms with Crippen molar-refractivity contribution in [1.29, 1.82) is 0 Å². The van der Waals surface area contributed by atoms with Crippen LogP contribution in [-0.4, -0.2) is 155 Å². The standard InChI is InChI=1S/C38H70N2O13/c1-15-26-38(10,46)31(42)21(4)28(39-48-14)19(2)17-36(8,45)33(53-35-29(41)25(40(11)12)16-20(3)49-35)22(5)30(23(6)34(44)51-26)52-27-18-37(9,47-13)32(43)24(7)50-27/h19-27,29-33,35,41-43,45-46H,15-18H2,1-14H3/t19?,20?,21?,22?,23?,24?,25?,26?,27?,29?,30?,31?,32?,33?,35?,36-,37-,38-/m1/s1. The molecule has 0 aromatic heterocycles. The van der Waals surface area contributed by atoms with Crippen LogP contribution in [0, 0.1) is 23.7 Å². The van der Waals surface area contributed by atoms with Crippen molar-refractivity contribution in [1.82, 2.24) is 4.90 Å². The minimum absolute atomic E-state index is 0.0204. The lowest BCUT2D eigenvalue weighted by molar-refractivity contribution is -0.317. The third-order valence-electron chi connectivity index (χ3n) is 12.1. The average molecular weight is 763 g/mol. The third kappa shape index (κ3) is 10.1. The highest BCUT2D eigenvalue weighted by Gasteiger charge is 2.53. The van der Waals surface area contributed by atoms with Crippen LogP contribution in [0.5, 0.6) is 0 Å². The van der Waals surface area contributed by atoms with Crippen LogP contribution in [0.25, 0.3) is 0 Å². The van der Waals surface area contributed by atoms with Gasteiger partial charge in [-0.1, -0.05) is 32.9 Å². The molecule has 5 N–H and O–H groups in total. The van der Waals surface area contributed by atoms with E-state index in [4.69, 9.17) is 33.3 Å². The van der Waals surface area contributed by atoms with Crippen molar-refractivity contribution in [3.63, 3.8) is 0 Å². The molecule has 310 valence electrons. The number of methoxy groups -OCH3 is 1. The topological polar surface area (TPSA) is 198 Å². The first-order chi connectivity index (χ1) is 24.5. The van der Waals surface area contributed by atoms with E-state index in [2.05, 4.69) is 5.16 Å². The molecular formula is C38H70N2O13. The van der Waals surface area contributed by atoms with Gasteiger partial charge in [0.1, 0.15) is 31.0 Å². The van der Waals surface area contributed by atoms with E-state index < -0.39 is 102 Å². The van der Waals surface area contributed by atoms with Gasteiger partial charge < -0.3 is 63.7 Å². The first-order valence-corrected chi connectivity index (χ1v) is 19.1. The quantitative estimate of drug-likeness (QED) is 0.178. The number of esters is 1. The zero-order chi connectivity index (χ0) is 40.4. The normalized spacial score (nSPS) is 49.0. The summed E-state index contributed by atoms with van der Waals surface area (Å²) in [6, 6.07) is -0.306. The fourth-order valence-corrected chi connectivity index (χ4v) is 8.70. The number of hydrogen-bond donors (Lipinski definition) is 5. The lowest BCUT2D eigenvalue weighted by Crippen LogP contribution is -2.61. The number of cyclic esters (lactones) is 1. The molecule has 0 amide bonds. The first kappa shape index (κ1) is 45.9. The van der Waals surface area contributed by atoms with Crippen LogP contribution in [0.2, 0.25) is 0 Å². The third-order valence-corrected chi connectivity index (χ3v) is 12.1. The van der Waals surface area contributed by atoms with Crippen molar-refractivity contribution in [2.45, 2.75) is 179 Å². The second-order valence-electron chi connectivity index (χ2n) is 16.8. The molecule has 0 bridgehead atoms. The minimum atomic E-state index is -1.91. The highest BCUT2D eigenvalue weighted by Crippen LogP contribution is 2.41. The van der Waals surface area contributed by atoms with Gasteiger partial charge in [0.15, 0.2) is 12.6 Å². The number of ether oxygens (including phenoxy) is 6. The van der Waals surface area contributed by atoms with Gasteiger partial charge in [-0.25, -0.2) is 0 Å². The Labute approximate surface area is 316 Å². The summed E-state index contributed by atoms with van der Waals surface area (Å²) in [7, 11) is 6.60. The molecule has 0 spiro atoms. The molecule has 53 heavy (non-hydrogen) atoms. The van der Waals surface area contributed by atoms with Gasteiger partial charge in [0.25, 0.3) is 0 Å². The minimum Gasteiger partial charge on any atom is -0.459 e. The fraction of sp³-hybridized carbons (Fsp3) is 0.947. The summed E-state index contributed by atoms with van der Waals surface area (Å²) in [5.41, 5.74) is -4.30. The van der Waals surface area contributed by atoms with E-state index >= 15 is 0 Å². The maximum atomic E-state index is 14.2. The largest absolute Gasteiger partial charge is 0.459 e. The number of oxime groups is 1. The maximum Gasteiger partial charge on any atom is 0.311 e. The molecular weight excluding hydrogens is 692 g/mol. The summed E-state index contributed by atoms with van der Waals surface area (Å²) in [5, 5.41) is 62.8. The van der Waals surface area contributed by atoms with Gasteiger partial charge in [-0.3, -0.25) is 4.79 Å². The first-order valence-electron chi connectivity index (χ1n) is 19.1. The number of nitrogens with zero attached hydrogens (tertiary/aromatic N) is 2. The smallest absolute Gasteiger partial charge is 0.311 e. The number of hydrogen-bond acceptors (Lipinski definition) is 15. The summed E-state index contributed by atoms with van der Waals surface area (Å²) in [6.45, 7) is 17.0. The molecule has 15 heteroatoms. The Morgan fingerprint density at radius 3 is 2.08 bits per heavy atom. The van der Waals surface area contributed by atoms with Crippen LogP contribution in [0.15, 0.2) is 5.16 Å². The number of aliphatic hydroxyl groups excluding tert-OH is 3. The Hall–Kier alpha value is -1.50. The van der Waals surface area contributed by atoms with Gasteiger partial charge >= 0.3 is 5.97 Å². The Balaban J connectivity index is 2.23. The van der Waals surface area contributed by atoms with Crippen LogP contribution in [0.4, 0.5) is 0 Å². The molecule has 15 nitrogen and oxygen atoms in total. The van der Waals surface area contributed by atoms with E-state index in [9.17, 15) is 30.3 Å². The number of aliphatic hydroxyl groups is 5. The van der Waals surface area contributed by atoms with E-state index in [0.29, 0.717) is 12.1 Å². The molecule has 0 aromatic carbocycles. The summed E-state index contributed by atoms with van der Waals surface area (Å²) in [5.74, 6) is -3.90. The van der Waals surface area contributed by atoms with Gasteiger partial charge in [0, 0.05) is 37.3 Å². The van der Waals surface area contributed by atoms with Crippen molar-refractivity contribution in [2.75, 3.05) is 28.3 Å². The predicted octanol–water partition coefficient (Wildman–Crippen LogP) is 2.22. The average Bonchev–Trinajstić information content (AvgIpc) is 3.08. The highest BCUT2D eigenvalue weighted by molar-refractivity contribution is 5.88. The summed E-state index contributed by atoms with van der Waals surface area (Å²) >= 11 is 0.